The minimum absolute atomic E-state index is 0.137. The molecular formula is C18H19NOS. The zero-order chi connectivity index (χ0) is 14.8. The minimum Gasteiger partial charge on any atom is -0.459 e. The Balaban J connectivity index is 1.86. The summed E-state index contributed by atoms with van der Waals surface area (Å²) in [7, 11) is 0. The molecule has 1 heterocycles. The molecule has 1 N–H and O–H groups in total. The SMILES string of the molecule is CSc1ccc(NC(C)c2oc3ccccc3c2C)cc1. The van der Waals surface area contributed by atoms with Crippen LogP contribution in [0.3, 0.4) is 0 Å². The van der Waals surface area contributed by atoms with Gasteiger partial charge >= 0.3 is 0 Å². The van der Waals surface area contributed by atoms with Gasteiger partial charge in [0, 0.05) is 21.5 Å². The number of para-hydroxylation sites is 1. The molecule has 0 fully saturated rings. The van der Waals surface area contributed by atoms with E-state index in [0.717, 1.165) is 17.0 Å². The van der Waals surface area contributed by atoms with Crippen molar-refractivity contribution in [1.29, 1.82) is 0 Å². The number of hydrogen-bond acceptors (Lipinski definition) is 3. The van der Waals surface area contributed by atoms with Crippen LogP contribution in [0.2, 0.25) is 0 Å². The number of anilines is 1. The molecule has 3 aromatic rings. The Bertz CT molecular complexity index is 746. The molecule has 2 aromatic carbocycles. The summed E-state index contributed by atoms with van der Waals surface area (Å²) in [6.07, 6.45) is 2.09. The number of aryl methyl sites for hydroxylation is 1. The first-order valence-electron chi connectivity index (χ1n) is 7.07. The summed E-state index contributed by atoms with van der Waals surface area (Å²) in [5.74, 6) is 1.00. The van der Waals surface area contributed by atoms with Gasteiger partial charge < -0.3 is 9.73 Å². The lowest BCUT2D eigenvalue weighted by Gasteiger charge is -2.14. The van der Waals surface area contributed by atoms with E-state index in [1.807, 2.05) is 18.2 Å². The highest BCUT2D eigenvalue weighted by molar-refractivity contribution is 7.98. The van der Waals surface area contributed by atoms with E-state index in [1.165, 1.54) is 15.8 Å². The summed E-state index contributed by atoms with van der Waals surface area (Å²) in [5, 5.41) is 4.70. The van der Waals surface area contributed by atoms with Gasteiger partial charge in [-0.15, -0.1) is 11.8 Å². The van der Waals surface area contributed by atoms with E-state index < -0.39 is 0 Å². The number of hydrogen-bond donors (Lipinski definition) is 1. The molecule has 0 amide bonds. The number of thioether (sulfide) groups is 1. The number of benzene rings is 2. The fraction of sp³-hybridized carbons (Fsp3) is 0.222. The van der Waals surface area contributed by atoms with E-state index in [1.54, 1.807) is 11.8 Å². The first kappa shape index (κ1) is 14.1. The van der Waals surface area contributed by atoms with Gasteiger partial charge in [0.25, 0.3) is 0 Å². The molecule has 0 aliphatic rings. The summed E-state index contributed by atoms with van der Waals surface area (Å²) >= 11 is 1.75. The topological polar surface area (TPSA) is 25.2 Å². The lowest BCUT2D eigenvalue weighted by molar-refractivity contribution is 0.522. The summed E-state index contributed by atoms with van der Waals surface area (Å²) in [4.78, 5) is 1.27. The molecule has 0 aliphatic heterocycles. The summed E-state index contributed by atoms with van der Waals surface area (Å²) in [5.41, 5.74) is 3.28. The van der Waals surface area contributed by atoms with Gasteiger partial charge in [-0.1, -0.05) is 18.2 Å². The molecule has 0 aliphatic carbocycles. The van der Waals surface area contributed by atoms with Crippen LogP contribution in [0.15, 0.2) is 57.8 Å². The summed E-state index contributed by atoms with van der Waals surface area (Å²) in [6.45, 7) is 4.25. The van der Waals surface area contributed by atoms with Crippen LogP contribution in [-0.4, -0.2) is 6.26 Å². The maximum absolute atomic E-state index is 6.01. The molecule has 1 unspecified atom stereocenters. The zero-order valence-corrected chi connectivity index (χ0v) is 13.3. The number of nitrogens with one attached hydrogen (secondary N) is 1. The van der Waals surface area contributed by atoms with Crippen molar-refractivity contribution < 1.29 is 4.42 Å². The maximum Gasteiger partial charge on any atom is 0.134 e. The van der Waals surface area contributed by atoms with Crippen molar-refractivity contribution in [3.8, 4) is 0 Å². The third-order valence-corrected chi connectivity index (χ3v) is 4.49. The van der Waals surface area contributed by atoms with Gasteiger partial charge in [-0.2, -0.15) is 0 Å². The zero-order valence-electron chi connectivity index (χ0n) is 12.5. The van der Waals surface area contributed by atoms with Crippen LogP contribution in [0.1, 0.15) is 24.3 Å². The molecule has 3 heteroatoms. The van der Waals surface area contributed by atoms with Crippen molar-refractivity contribution in [3.05, 3.63) is 59.9 Å². The number of rotatable bonds is 4. The van der Waals surface area contributed by atoms with Gasteiger partial charge in [0.15, 0.2) is 0 Å². The van der Waals surface area contributed by atoms with E-state index in [-0.39, 0.29) is 6.04 Å². The van der Waals surface area contributed by atoms with Crippen LogP contribution in [-0.2, 0) is 0 Å². The normalized spacial score (nSPS) is 12.5. The van der Waals surface area contributed by atoms with E-state index >= 15 is 0 Å². The van der Waals surface area contributed by atoms with Crippen LogP contribution in [0, 0.1) is 6.92 Å². The second-order valence-electron chi connectivity index (χ2n) is 5.18. The Hall–Kier alpha value is -1.87. The molecule has 0 saturated heterocycles. The minimum atomic E-state index is 0.137. The van der Waals surface area contributed by atoms with Crippen LogP contribution >= 0.6 is 11.8 Å². The van der Waals surface area contributed by atoms with Gasteiger partial charge in [0.2, 0.25) is 0 Å². The first-order chi connectivity index (χ1) is 10.2. The Labute approximate surface area is 129 Å². The highest BCUT2D eigenvalue weighted by Gasteiger charge is 2.16. The smallest absolute Gasteiger partial charge is 0.134 e. The first-order valence-corrected chi connectivity index (χ1v) is 8.30. The van der Waals surface area contributed by atoms with E-state index in [0.29, 0.717) is 0 Å². The molecule has 0 radical (unpaired) electrons. The molecule has 21 heavy (non-hydrogen) atoms. The fourth-order valence-electron chi connectivity index (χ4n) is 2.61. The Morgan fingerprint density at radius 1 is 1.05 bits per heavy atom. The van der Waals surface area contributed by atoms with Crippen molar-refractivity contribution in [2.24, 2.45) is 0 Å². The van der Waals surface area contributed by atoms with Gasteiger partial charge in [-0.25, -0.2) is 0 Å². The van der Waals surface area contributed by atoms with Crippen LogP contribution < -0.4 is 5.32 Å². The van der Waals surface area contributed by atoms with Crippen molar-refractivity contribution in [2.75, 3.05) is 11.6 Å². The molecule has 2 nitrogen and oxygen atoms in total. The van der Waals surface area contributed by atoms with Crippen molar-refractivity contribution in [3.63, 3.8) is 0 Å². The van der Waals surface area contributed by atoms with Gasteiger partial charge in [0.05, 0.1) is 6.04 Å². The molecule has 1 atom stereocenters. The highest BCUT2D eigenvalue weighted by Crippen LogP contribution is 2.31. The molecular weight excluding hydrogens is 278 g/mol. The maximum atomic E-state index is 6.01. The highest BCUT2D eigenvalue weighted by atomic mass is 32.2. The second-order valence-corrected chi connectivity index (χ2v) is 6.06. The van der Waals surface area contributed by atoms with Crippen molar-refractivity contribution >= 4 is 28.4 Å². The monoisotopic (exact) mass is 297 g/mol. The molecule has 0 spiro atoms. The standard InChI is InChI=1S/C18H19NOS/c1-12-16-6-4-5-7-17(16)20-18(12)13(2)19-14-8-10-15(21-3)11-9-14/h4-11,13,19H,1-3H3. The number of fused-ring (bicyclic) bond motifs is 1. The molecule has 1 aromatic heterocycles. The van der Waals surface area contributed by atoms with Gasteiger partial charge in [-0.3, -0.25) is 0 Å². The molecule has 3 rings (SSSR count). The predicted octanol–water partition coefficient (Wildman–Crippen LogP) is 5.64. The van der Waals surface area contributed by atoms with Crippen LogP contribution in [0.5, 0.6) is 0 Å². The van der Waals surface area contributed by atoms with Crippen molar-refractivity contribution in [2.45, 2.75) is 24.8 Å². The molecule has 0 bridgehead atoms. The Morgan fingerprint density at radius 3 is 2.43 bits per heavy atom. The molecule has 0 saturated carbocycles. The summed E-state index contributed by atoms with van der Waals surface area (Å²) in [6, 6.07) is 16.8. The predicted molar refractivity (Wildman–Crippen MR) is 91.2 cm³/mol. The third kappa shape index (κ3) is 2.79. The van der Waals surface area contributed by atoms with Crippen LogP contribution in [0.4, 0.5) is 5.69 Å². The van der Waals surface area contributed by atoms with E-state index in [4.69, 9.17) is 4.42 Å². The van der Waals surface area contributed by atoms with E-state index in [2.05, 4.69) is 55.8 Å². The largest absolute Gasteiger partial charge is 0.459 e. The van der Waals surface area contributed by atoms with Crippen LogP contribution in [0.25, 0.3) is 11.0 Å². The average Bonchev–Trinajstić information content (AvgIpc) is 2.86. The Morgan fingerprint density at radius 2 is 1.76 bits per heavy atom. The quantitative estimate of drug-likeness (QED) is 0.631. The lowest BCUT2D eigenvalue weighted by atomic mass is 10.1. The van der Waals surface area contributed by atoms with E-state index in [9.17, 15) is 0 Å². The molecule has 108 valence electrons. The average molecular weight is 297 g/mol. The summed E-state index contributed by atoms with van der Waals surface area (Å²) < 4.78 is 6.01. The van der Waals surface area contributed by atoms with Gasteiger partial charge in [0.1, 0.15) is 11.3 Å². The fourth-order valence-corrected chi connectivity index (χ4v) is 3.02. The Kier molecular flexibility index (Phi) is 3.93. The second kappa shape index (κ2) is 5.86. The number of furan rings is 1. The van der Waals surface area contributed by atoms with Gasteiger partial charge in [-0.05, 0) is 50.4 Å². The van der Waals surface area contributed by atoms with Crippen molar-refractivity contribution in [1.82, 2.24) is 0 Å². The third-order valence-electron chi connectivity index (χ3n) is 3.75. The lowest BCUT2D eigenvalue weighted by Crippen LogP contribution is -2.06.